The third-order valence-electron chi connectivity index (χ3n) is 2.32. The second-order valence-corrected chi connectivity index (χ2v) is 3.83. The Balaban J connectivity index is 2.65. The molecule has 0 saturated carbocycles. The number of aromatic nitrogens is 1. The molecule has 0 bridgehead atoms. The number of rotatable bonds is 4. The molecule has 2 amide bonds. The van der Waals surface area contributed by atoms with Crippen LogP contribution in [0.1, 0.15) is 19.0 Å². The van der Waals surface area contributed by atoms with Gasteiger partial charge < -0.3 is 15.7 Å². The third kappa shape index (κ3) is 4.41. The van der Waals surface area contributed by atoms with Gasteiger partial charge in [-0.25, -0.2) is 14.6 Å². The molecule has 0 saturated heterocycles. The monoisotopic (exact) mass is 291 g/mol. The summed E-state index contributed by atoms with van der Waals surface area (Å²) in [5, 5.41) is 13.1. The third-order valence-corrected chi connectivity index (χ3v) is 2.32. The maximum Gasteiger partial charge on any atom is 0.433 e. The molecule has 0 radical (unpaired) electrons. The van der Waals surface area contributed by atoms with Crippen LogP contribution in [0.5, 0.6) is 0 Å². The molecule has 9 heteroatoms. The molecule has 0 fully saturated rings. The SMILES string of the molecule is CC[C@H](NC(=O)Nc1ccc(C(F)(F)F)nc1)C(=O)O. The van der Waals surface area contributed by atoms with Gasteiger partial charge in [0.15, 0.2) is 0 Å². The Morgan fingerprint density at radius 2 is 2.05 bits per heavy atom. The minimum atomic E-state index is -4.56. The molecule has 0 aliphatic heterocycles. The van der Waals surface area contributed by atoms with E-state index in [1.807, 2.05) is 0 Å². The van der Waals surface area contributed by atoms with Crippen molar-refractivity contribution < 1.29 is 27.9 Å². The molecule has 1 aromatic rings. The number of halogens is 3. The molecule has 0 aliphatic rings. The van der Waals surface area contributed by atoms with E-state index in [1.165, 1.54) is 0 Å². The predicted octanol–water partition coefficient (Wildman–Crippen LogP) is 2.09. The Morgan fingerprint density at radius 1 is 1.40 bits per heavy atom. The number of carbonyl (C=O) groups excluding carboxylic acids is 1. The fraction of sp³-hybridized carbons (Fsp3) is 0.364. The lowest BCUT2D eigenvalue weighted by Crippen LogP contribution is -2.42. The molecule has 6 nitrogen and oxygen atoms in total. The molecule has 0 unspecified atom stereocenters. The zero-order valence-electron chi connectivity index (χ0n) is 10.4. The van der Waals surface area contributed by atoms with Gasteiger partial charge in [0.1, 0.15) is 11.7 Å². The van der Waals surface area contributed by atoms with Crippen LogP contribution in [0.4, 0.5) is 23.7 Å². The molecular weight excluding hydrogens is 279 g/mol. The highest BCUT2D eigenvalue weighted by Gasteiger charge is 2.32. The van der Waals surface area contributed by atoms with Crippen LogP contribution < -0.4 is 10.6 Å². The van der Waals surface area contributed by atoms with Gasteiger partial charge in [0.05, 0.1) is 11.9 Å². The van der Waals surface area contributed by atoms with Gasteiger partial charge in [-0.3, -0.25) is 0 Å². The van der Waals surface area contributed by atoms with Crippen molar-refractivity contribution in [2.75, 3.05) is 5.32 Å². The summed E-state index contributed by atoms with van der Waals surface area (Å²) in [5.41, 5.74) is -1.06. The van der Waals surface area contributed by atoms with E-state index in [2.05, 4.69) is 15.6 Å². The van der Waals surface area contributed by atoms with E-state index in [-0.39, 0.29) is 12.1 Å². The van der Waals surface area contributed by atoms with Gasteiger partial charge in [-0.15, -0.1) is 0 Å². The first-order valence-corrected chi connectivity index (χ1v) is 5.57. The molecule has 1 rings (SSSR count). The first-order valence-electron chi connectivity index (χ1n) is 5.57. The number of amides is 2. The molecule has 20 heavy (non-hydrogen) atoms. The van der Waals surface area contributed by atoms with Crippen molar-refractivity contribution in [1.29, 1.82) is 0 Å². The Morgan fingerprint density at radius 3 is 2.45 bits per heavy atom. The summed E-state index contributed by atoms with van der Waals surface area (Å²) >= 11 is 0. The van der Waals surface area contributed by atoms with Gasteiger partial charge in [0.2, 0.25) is 0 Å². The van der Waals surface area contributed by atoms with Crippen LogP contribution in [-0.4, -0.2) is 28.1 Å². The summed E-state index contributed by atoms with van der Waals surface area (Å²) in [7, 11) is 0. The van der Waals surface area contributed by atoms with Crippen LogP contribution in [-0.2, 0) is 11.0 Å². The molecule has 0 aliphatic carbocycles. The standard InChI is InChI=1S/C11H12F3N3O3/c1-2-7(9(18)19)17-10(20)16-6-3-4-8(15-5-6)11(12,13)14/h3-5,7H,2H2,1H3,(H,18,19)(H2,16,17,20)/t7-/m0/s1. The van der Waals surface area contributed by atoms with Gasteiger partial charge in [-0.1, -0.05) is 6.92 Å². The normalized spacial score (nSPS) is 12.6. The molecule has 3 N–H and O–H groups in total. The van der Waals surface area contributed by atoms with Gasteiger partial charge >= 0.3 is 18.2 Å². The van der Waals surface area contributed by atoms with E-state index in [1.54, 1.807) is 6.92 Å². The Hall–Kier alpha value is -2.32. The number of anilines is 1. The maximum absolute atomic E-state index is 12.3. The fourth-order valence-corrected chi connectivity index (χ4v) is 1.30. The van der Waals surface area contributed by atoms with E-state index in [9.17, 15) is 22.8 Å². The van der Waals surface area contributed by atoms with Crippen molar-refractivity contribution >= 4 is 17.7 Å². The van der Waals surface area contributed by atoms with Crippen LogP contribution in [0.25, 0.3) is 0 Å². The van der Waals surface area contributed by atoms with Crippen molar-refractivity contribution in [3.63, 3.8) is 0 Å². The quantitative estimate of drug-likeness (QED) is 0.792. The molecule has 110 valence electrons. The first-order chi connectivity index (χ1) is 9.24. The number of pyridine rings is 1. The number of nitrogens with zero attached hydrogens (tertiary/aromatic N) is 1. The van der Waals surface area contributed by atoms with E-state index in [4.69, 9.17) is 5.11 Å². The zero-order chi connectivity index (χ0) is 15.3. The van der Waals surface area contributed by atoms with Crippen LogP contribution in [0.15, 0.2) is 18.3 Å². The molecular formula is C11H12F3N3O3. The molecule has 1 atom stereocenters. The van der Waals surface area contributed by atoms with Crippen molar-refractivity contribution in [1.82, 2.24) is 10.3 Å². The lowest BCUT2D eigenvalue weighted by molar-refractivity contribution is -0.141. The van der Waals surface area contributed by atoms with Crippen LogP contribution in [0, 0.1) is 0 Å². The molecule has 1 aromatic heterocycles. The van der Waals surface area contributed by atoms with E-state index >= 15 is 0 Å². The number of alkyl halides is 3. The topological polar surface area (TPSA) is 91.3 Å². The van der Waals surface area contributed by atoms with Crippen molar-refractivity contribution in [2.45, 2.75) is 25.6 Å². The summed E-state index contributed by atoms with van der Waals surface area (Å²) < 4.78 is 36.8. The lowest BCUT2D eigenvalue weighted by atomic mass is 10.2. The van der Waals surface area contributed by atoms with Crippen molar-refractivity contribution in [2.24, 2.45) is 0 Å². The summed E-state index contributed by atoms with van der Waals surface area (Å²) in [6.07, 6.45) is -3.55. The maximum atomic E-state index is 12.3. The fourth-order valence-electron chi connectivity index (χ4n) is 1.30. The largest absolute Gasteiger partial charge is 0.480 e. The average molecular weight is 291 g/mol. The predicted molar refractivity (Wildman–Crippen MR) is 63.1 cm³/mol. The van der Waals surface area contributed by atoms with E-state index < -0.39 is 29.9 Å². The molecule has 0 aromatic carbocycles. The lowest BCUT2D eigenvalue weighted by Gasteiger charge is -2.13. The number of carboxylic acids is 1. The number of hydrogen-bond donors (Lipinski definition) is 3. The van der Waals surface area contributed by atoms with E-state index in [0.717, 1.165) is 12.3 Å². The highest BCUT2D eigenvalue weighted by Crippen LogP contribution is 2.27. The number of carboxylic acid groups (broad SMARTS) is 1. The zero-order valence-corrected chi connectivity index (χ0v) is 10.4. The van der Waals surface area contributed by atoms with Gasteiger partial charge in [0.25, 0.3) is 0 Å². The van der Waals surface area contributed by atoms with Crippen molar-refractivity contribution in [3.05, 3.63) is 24.0 Å². The van der Waals surface area contributed by atoms with Gasteiger partial charge in [-0.2, -0.15) is 13.2 Å². The number of carbonyl (C=O) groups is 2. The molecule has 1 heterocycles. The Labute approximate surface area is 112 Å². The smallest absolute Gasteiger partial charge is 0.433 e. The van der Waals surface area contributed by atoms with Gasteiger partial charge in [0, 0.05) is 0 Å². The number of aliphatic carboxylic acids is 1. The first kappa shape index (κ1) is 15.7. The second kappa shape index (κ2) is 6.22. The summed E-state index contributed by atoms with van der Waals surface area (Å²) in [4.78, 5) is 25.3. The Kier molecular flexibility index (Phi) is 4.89. The van der Waals surface area contributed by atoms with Crippen LogP contribution >= 0.6 is 0 Å². The number of urea groups is 1. The summed E-state index contributed by atoms with van der Waals surface area (Å²) in [6.45, 7) is 1.57. The van der Waals surface area contributed by atoms with Gasteiger partial charge in [-0.05, 0) is 18.6 Å². The number of nitrogens with one attached hydrogen (secondary N) is 2. The number of hydrogen-bond acceptors (Lipinski definition) is 3. The minimum absolute atomic E-state index is 0.0238. The highest BCUT2D eigenvalue weighted by atomic mass is 19.4. The second-order valence-electron chi connectivity index (χ2n) is 3.83. The van der Waals surface area contributed by atoms with Crippen molar-refractivity contribution in [3.8, 4) is 0 Å². The highest BCUT2D eigenvalue weighted by molar-refractivity contribution is 5.92. The molecule has 0 spiro atoms. The van der Waals surface area contributed by atoms with E-state index in [0.29, 0.717) is 6.07 Å². The summed E-state index contributed by atoms with van der Waals surface area (Å²) in [6, 6.07) is -0.167. The average Bonchev–Trinajstić information content (AvgIpc) is 2.35. The Bertz CT molecular complexity index is 488. The van der Waals surface area contributed by atoms with Crippen LogP contribution in [0.3, 0.4) is 0 Å². The summed E-state index contributed by atoms with van der Waals surface area (Å²) in [5.74, 6) is -1.20. The minimum Gasteiger partial charge on any atom is -0.480 e. The van der Waals surface area contributed by atoms with Crippen LogP contribution in [0.2, 0.25) is 0 Å².